The summed E-state index contributed by atoms with van der Waals surface area (Å²) >= 11 is 0. The summed E-state index contributed by atoms with van der Waals surface area (Å²) in [7, 11) is 0. The number of benzene rings is 2. The predicted molar refractivity (Wildman–Crippen MR) is 76.2 cm³/mol. The zero-order chi connectivity index (χ0) is 14.4. The maximum atomic E-state index is 12.1. The molecule has 1 atom stereocenters. The fourth-order valence-electron chi connectivity index (χ4n) is 1.94. The van der Waals surface area contributed by atoms with Gasteiger partial charge in [0.1, 0.15) is 6.07 Å². The first-order valence-corrected chi connectivity index (χ1v) is 6.43. The lowest BCUT2D eigenvalue weighted by molar-refractivity contribution is 0.0434. The van der Waals surface area contributed by atoms with Gasteiger partial charge in [0.25, 0.3) is 0 Å². The Morgan fingerprint density at radius 2 is 1.80 bits per heavy atom. The van der Waals surface area contributed by atoms with E-state index in [9.17, 15) is 4.79 Å². The van der Waals surface area contributed by atoms with E-state index >= 15 is 0 Å². The van der Waals surface area contributed by atoms with Gasteiger partial charge < -0.3 is 4.74 Å². The fraction of sp³-hybridized carbons (Fsp3) is 0.176. The lowest BCUT2D eigenvalue weighted by Gasteiger charge is -2.10. The van der Waals surface area contributed by atoms with E-state index in [1.54, 1.807) is 19.1 Å². The fourth-order valence-corrected chi connectivity index (χ4v) is 1.94. The normalized spacial score (nSPS) is 11.4. The molecule has 0 spiro atoms. The van der Waals surface area contributed by atoms with Crippen molar-refractivity contribution in [3.8, 4) is 6.07 Å². The smallest absolute Gasteiger partial charge is 0.339 e. The van der Waals surface area contributed by atoms with E-state index < -0.39 is 12.1 Å². The average Bonchev–Trinajstić information content (AvgIpc) is 2.48. The number of hydrogen-bond donors (Lipinski definition) is 0. The summed E-state index contributed by atoms with van der Waals surface area (Å²) in [5.74, 6) is -0.453. The Balaban J connectivity index is 2.23. The number of hydrogen-bond acceptors (Lipinski definition) is 3. The molecule has 0 fully saturated rings. The molecule has 0 aromatic heterocycles. The Labute approximate surface area is 118 Å². The van der Waals surface area contributed by atoms with Crippen molar-refractivity contribution in [3.05, 3.63) is 71.3 Å². The molecule has 100 valence electrons. The Kier molecular flexibility index (Phi) is 4.52. The Hall–Kier alpha value is -2.60. The van der Waals surface area contributed by atoms with Crippen LogP contribution in [0.25, 0.3) is 0 Å². The molecule has 0 saturated carbocycles. The van der Waals surface area contributed by atoms with E-state index in [4.69, 9.17) is 10.00 Å². The molecule has 0 unspecified atom stereocenters. The van der Waals surface area contributed by atoms with Crippen LogP contribution >= 0.6 is 0 Å². The van der Waals surface area contributed by atoms with Crippen LogP contribution in [-0.2, 0) is 11.2 Å². The third kappa shape index (κ3) is 3.46. The van der Waals surface area contributed by atoms with E-state index in [2.05, 4.69) is 0 Å². The highest BCUT2D eigenvalue weighted by atomic mass is 16.5. The Morgan fingerprint density at radius 3 is 2.50 bits per heavy atom. The minimum Gasteiger partial charge on any atom is -0.444 e. The van der Waals surface area contributed by atoms with Crippen molar-refractivity contribution in [3.63, 3.8) is 0 Å². The summed E-state index contributed by atoms with van der Waals surface area (Å²) in [5, 5.41) is 8.71. The molecule has 3 nitrogen and oxygen atoms in total. The van der Waals surface area contributed by atoms with Gasteiger partial charge in [0.2, 0.25) is 0 Å². The van der Waals surface area contributed by atoms with Crippen LogP contribution in [0.3, 0.4) is 0 Å². The van der Waals surface area contributed by atoms with Crippen molar-refractivity contribution < 1.29 is 9.53 Å². The maximum Gasteiger partial charge on any atom is 0.339 e. The summed E-state index contributed by atoms with van der Waals surface area (Å²) in [4.78, 5) is 12.1. The predicted octanol–water partition coefficient (Wildman–Crippen LogP) is 3.35. The molecular weight excluding hydrogens is 250 g/mol. The largest absolute Gasteiger partial charge is 0.444 e. The number of nitrogens with zero attached hydrogens (tertiary/aromatic N) is 1. The minimum absolute atomic E-state index is 0.453. The van der Waals surface area contributed by atoms with E-state index in [0.717, 1.165) is 11.1 Å². The zero-order valence-corrected chi connectivity index (χ0v) is 11.2. The molecule has 0 amide bonds. The molecule has 0 saturated heterocycles. The molecule has 0 aliphatic rings. The first kappa shape index (κ1) is 13.8. The monoisotopic (exact) mass is 265 g/mol. The first-order chi connectivity index (χ1) is 9.70. The van der Waals surface area contributed by atoms with Gasteiger partial charge >= 0.3 is 5.97 Å². The van der Waals surface area contributed by atoms with Crippen LogP contribution in [0.4, 0.5) is 0 Å². The van der Waals surface area contributed by atoms with Gasteiger partial charge in [0.05, 0.1) is 5.56 Å². The van der Waals surface area contributed by atoms with Gasteiger partial charge in [-0.25, -0.2) is 4.79 Å². The average molecular weight is 265 g/mol. The topological polar surface area (TPSA) is 50.1 Å². The molecule has 0 bridgehead atoms. The zero-order valence-electron chi connectivity index (χ0n) is 11.2. The second-order valence-corrected chi connectivity index (χ2v) is 4.50. The van der Waals surface area contributed by atoms with Gasteiger partial charge in [-0.05, 0) is 30.5 Å². The molecule has 2 aromatic carbocycles. The molecular formula is C17H15NO2. The number of nitriles is 1. The molecule has 2 rings (SSSR count). The number of esters is 1. The van der Waals surface area contributed by atoms with Crippen molar-refractivity contribution in [2.75, 3.05) is 0 Å². The van der Waals surface area contributed by atoms with Crippen molar-refractivity contribution >= 4 is 5.97 Å². The number of ether oxygens (including phenoxy) is 1. The molecule has 0 heterocycles. The van der Waals surface area contributed by atoms with Crippen molar-refractivity contribution in [1.82, 2.24) is 0 Å². The second kappa shape index (κ2) is 6.53. The molecule has 20 heavy (non-hydrogen) atoms. The van der Waals surface area contributed by atoms with Crippen molar-refractivity contribution in [2.45, 2.75) is 19.4 Å². The number of carbonyl (C=O) groups is 1. The van der Waals surface area contributed by atoms with E-state index in [-0.39, 0.29) is 0 Å². The molecule has 0 aliphatic heterocycles. The number of rotatable bonds is 4. The maximum absolute atomic E-state index is 12.1. The van der Waals surface area contributed by atoms with Crippen LogP contribution in [0.15, 0.2) is 54.6 Å². The first-order valence-electron chi connectivity index (χ1n) is 6.43. The van der Waals surface area contributed by atoms with E-state index in [0.29, 0.717) is 12.0 Å². The third-order valence-corrected chi connectivity index (χ3v) is 2.94. The van der Waals surface area contributed by atoms with Crippen LogP contribution in [0.2, 0.25) is 0 Å². The Morgan fingerprint density at radius 1 is 1.15 bits per heavy atom. The molecule has 3 heteroatoms. The summed E-state index contributed by atoms with van der Waals surface area (Å²) in [6.07, 6.45) is -0.0835. The van der Waals surface area contributed by atoms with Gasteiger partial charge in [-0.1, -0.05) is 48.5 Å². The highest BCUT2D eigenvalue weighted by Gasteiger charge is 2.15. The SMILES string of the molecule is C[C@H](C#N)OC(=O)c1ccccc1Cc1ccccc1. The summed E-state index contributed by atoms with van der Waals surface area (Å²) in [6, 6.07) is 19.1. The lowest BCUT2D eigenvalue weighted by atomic mass is 10.00. The van der Waals surface area contributed by atoms with E-state index in [1.807, 2.05) is 48.5 Å². The highest BCUT2D eigenvalue weighted by molar-refractivity contribution is 5.91. The highest BCUT2D eigenvalue weighted by Crippen LogP contribution is 2.16. The number of carbonyl (C=O) groups excluding carboxylic acids is 1. The molecule has 0 N–H and O–H groups in total. The van der Waals surface area contributed by atoms with Crippen LogP contribution in [0.5, 0.6) is 0 Å². The summed E-state index contributed by atoms with van der Waals surface area (Å²) in [5.41, 5.74) is 2.54. The van der Waals surface area contributed by atoms with Gasteiger partial charge in [-0.2, -0.15) is 5.26 Å². The van der Waals surface area contributed by atoms with Gasteiger partial charge in [0, 0.05) is 0 Å². The third-order valence-electron chi connectivity index (χ3n) is 2.94. The van der Waals surface area contributed by atoms with Crippen LogP contribution in [-0.4, -0.2) is 12.1 Å². The van der Waals surface area contributed by atoms with Crippen LogP contribution in [0.1, 0.15) is 28.4 Å². The van der Waals surface area contributed by atoms with Crippen molar-refractivity contribution in [1.29, 1.82) is 5.26 Å². The summed E-state index contributed by atoms with van der Waals surface area (Å²) < 4.78 is 5.06. The Bertz CT molecular complexity index is 629. The second-order valence-electron chi connectivity index (χ2n) is 4.50. The van der Waals surface area contributed by atoms with E-state index in [1.165, 1.54) is 0 Å². The van der Waals surface area contributed by atoms with Gasteiger partial charge in [-0.3, -0.25) is 0 Å². The standard InChI is InChI=1S/C17H15NO2/c1-13(12-18)20-17(19)16-10-6-5-9-15(16)11-14-7-3-2-4-8-14/h2-10,13H,11H2,1H3/t13-/m1/s1. The summed E-state index contributed by atoms with van der Waals surface area (Å²) in [6.45, 7) is 1.55. The minimum atomic E-state index is -0.743. The lowest BCUT2D eigenvalue weighted by Crippen LogP contribution is -2.14. The molecule has 0 radical (unpaired) electrons. The van der Waals surface area contributed by atoms with Gasteiger partial charge in [0.15, 0.2) is 6.10 Å². The van der Waals surface area contributed by atoms with Gasteiger partial charge in [-0.15, -0.1) is 0 Å². The quantitative estimate of drug-likeness (QED) is 0.796. The van der Waals surface area contributed by atoms with Crippen LogP contribution < -0.4 is 0 Å². The van der Waals surface area contributed by atoms with Crippen LogP contribution in [0, 0.1) is 11.3 Å². The van der Waals surface area contributed by atoms with Crippen molar-refractivity contribution in [2.24, 2.45) is 0 Å². The molecule has 2 aromatic rings. The molecule has 0 aliphatic carbocycles.